The molecule has 4 aliphatic carbocycles. The number of rotatable bonds is 8. The molecule has 5 rings (SSSR count). The predicted octanol–water partition coefficient (Wildman–Crippen LogP) is 6.30. The van der Waals surface area contributed by atoms with Crippen LogP contribution >= 0.6 is 0 Å². The molecule has 1 aromatic rings. The van der Waals surface area contributed by atoms with Crippen molar-refractivity contribution in [2.75, 3.05) is 7.05 Å². The van der Waals surface area contributed by atoms with E-state index in [1.165, 1.54) is 31.3 Å². The highest BCUT2D eigenvalue weighted by Crippen LogP contribution is 2.60. The van der Waals surface area contributed by atoms with E-state index in [0.717, 1.165) is 48.9 Å². The fourth-order valence-corrected chi connectivity index (χ4v) is 8.32. The number of carbonyl (C=O) groups is 1. The van der Waals surface area contributed by atoms with Crippen molar-refractivity contribution in [1.29, 1.82) is 0 Å². The summed E-state index contributed by atoms with van der Waals surface area (Å²) in [6, 6.07) is 0. The van der Waals surface area contributed by atoms with Crippen LogP contribution in [0.4, 0.5) is 4.79 Å². The average Bonchev–Trinajstić information content (AvgIpc) is 3.48. The van der Waals surface area contributed by atoms with Crippen molar-refractivity contribution >= 4 is 6.09 Å². The fraction of sp³-hybridized carbons (Fsp3) is 0.697. The summed E-state index contributed by atoms with van der Waals surface area (Å²) in [6.07, 6.45) is 14.8. The molecule has 1 heterocycles. The summed E-state index contributed by atoms with van der Waals surface area (Å²) in [4.78, 5) is 16.9. The van der Waals surface area contributed by atoms with Gasteiger partial charge in [-0.15, -0.1) is 0 Å². The number of amides is 1. The molecule has 0 aromatic carbocycles. The number of alkyl carbamates (subject to hydrolysis) is 1. The second kappa shape index (κ2) is 11.5. The van der Waals surface area contributed by atoms with Crippen LogP contribution in [0.2, 0.25) is 0 Å². The number of oxazole rings is 1. The van der Waals surface area contributed by atoms with Crippen LogP contribution in [-0.4, -0.2) is 46.6 Å². The first-order chi connectivity index (χ1) is 19.1. The minimum absolute atomic E-state index is 0.249. The minimum Gasteiger partial charge on any atom is -0.448 e. The summed E-state index contributed by atoms with van der Waals surface area (Å²) >= 11 is 0. The molecule has 1 amide bonds. The van der Waals surface area contributed by atoms with E-state index in [2.05, 4.69) is 42.9 Å². The summed E-state index contributed by atoms with van der Waals surface area (Å²) < 4.78 is 11.8. The van der Waals surface area contributed by atoms with Crippen LogP contribution in [-0.2, 0) is 10.2 Å². The molecule has 1 aromatic heterocycles. The summed E-state index contributed by atoms with van der Waals surface area (Å²) in [6.45, 7) is 10.9. The van der Waals surface area contributed by atoms with Crippen molar-refractivity contribution in [3.8, 4) is 0 Å². The fourth-order valence-electron chi connectivity index (χ4n) is 8.32. The molecular weight excluding hydrogens is 504 g/mol. The summed E-state index contributed by atoms with van der Waals surface area (Å²) in [7, 11) is 1.61. The molecule has 0 aliphatic heterocycles. The quantitative estimate of drug-likeness (QED) is 0.350. The average molecular weight is 553 g/mol. The molecule has 4 aliphatic rings. The van der Waals surface area contributed by atoms with Crippen LogP contribution in [0.1, 0.15) is 96.1 Å². The van der Waals surface area contributed by atoms with Crippen LogP contribution in [0.25, 0.3) is 0 Å². The molecule has 0 unspecified atom stereocenters. The van der Waals surface area contributed by atoms with E-state index in [9.17, 15) is 15.0 Å². The molecule has 0 radical (unpaired) electrons. The Labute approximate surface area is 239 Å². The number of aromatic nitrogens is 1. The Balaban J connectivity index is 1.28. The number of ether oxygens (including phenoxy) is 1. The van der Waals surface area contributed by atoms with Crippen LogP contribution in [0.3, 0.4) is 0 Å². The summed E-state index contributed by atoms with van der Waals surface area (Å²) in [5.41, 5.74) is 4.04. The second-order valence-electron chi connectivity index (χ2n) is 13.3. The third-order valence-corrected chi connectivity index (χ3v) is 10.8. The van der Waals surface area contributed by atoms with Crippen molar-refractivity contribution < 1.29 is 24.2 Å². The lowest BCUT2D eigenvalue weighted by Gasteiger charge is -2.44. The third kappa shape index (κ3) is 5.56. The standard InChI is InChI=1S/C33H48N2O5/c1-20(8-13-29(40-31(38)34-5)33(15-16-33)30-35-21(2)19-39-30)26-11-12-27-23(7-6-14-32(26,27)4)9-10-24-17-25(36)18-28(37)22(24)3/h9-10,19-20,25-29,36-37H,3,6-8,11-18H2,1-2,4-5H3,(H,34,38)/t20-,25-,26-,27+,28+,29+,32-/m1/s1. The van der Waals surface area contributed by atoms with Gasteiger partial charge in [0.05, 0.1) is 23.3 Å². The zero-order valence-corrected chi connectivity index (χ0v) is 24.7. The first-order valence-electron chi connectivity index (χ1n) is 15.3. The Kier molecular flexibility index (Phi) is 8.36. The predicted molar refractivity (Wildman–Crippen MR) is 155 cm³/mol. The van der Waals surface area contributed by atoms with Crippen LogP contribution in [0, 0.1) is 30.1 Å². The number of carbonyl (C=O) groups excluding carboxylic acids is 1. The highest BCUT2D eigenvalue weighted by molar-refractivity contribution is 5.67. The van der Waals surface area contributed by atoms with Crippen molar-refractivity contribution in [2.24, 2.45) is 23.2 Å². The Morgan fingerprint density at radius 3 is 2.73 bits per heavy atom. The SMILES string of the molecule is C=C1C(=CC=C2CCC[C@]3(C)[C@@H]([C@H](C)CC[C@H](OC(=O)NC)C4(c5nc(C)co5)CC4)CC[C@@H]23)C[C@@H](O)C[C@@H]1O. The largest absolute Gasteiger partial charge is 0.448 e. The maximum atomic E-state index is 12.3. The van der Waals surface area contributed by atoms with Gasteiger partial charge in [0.25, 0.3) is 0 Å². The van der Waals surface area contributed by atoms with Crippen LogP contribution in [0.5, 0.6) is 0 Å². The van der Waals surface area contributed by atoms with Crippen LogP contribution < -0.4 is 5.32 Å². The van der Waals surface area contributed by atoms with Crippen molar-refractivity contribution in [3.63, 3.8) is 0 Å². The lowest BCUT2D eigenvalue weighted by molar-refractivity contribution is 0.0481. The van der Waals surface area contributed by atoms with E-state index in [1.807, 2.05) is 6.92 Å². The van der Waals surface area contributed by atoms with Gasteiger partial charge in [-0.3, -0.25) is 0 Å². The summed E-state index contributed by atoms with van der Waals surface area (Å²) in [5, 5.41) is 23.0. The number of aryl methyl sites for hydroxylation is 1. The Bertz CT molecular complexity index is 1160. The van der Waals surface area contributed by atoms with E-state index < -0.39 is 18.3 Å². The number of allylic oxidation sites excluding steroid dienone is 3. The number of fused-ring (bicyclic) bond motifs is 1. The smallest absolute Gasteiger partial charge is 0.407 e. The zero-order chi connectivity index (χ0) is 28.7. The number of hydrogen-bond acceptors (Lipinski definition) is 6. The van der Waals surface area contributed by atoms with Crippen molar-refractivity contribution in [1.82, 2.24) is 10.3 Å². The van der Waals surface area contributed by atoms with Gasteiger partial charge in [0.15, 0.2) is 0 Å². The van der Waals surface area contributed by atoms with Gasteiger partial charge in [-0.1, -0.05) is 38.2 Å². The molecule has 0 saturated heterocycles. The third-order valence-electron chi connectivity index (χ3n) is 10.8. The van der Waals surface area contributed by atoms with E-state index in [-0.39, 0.29) is 16.9 Å². The maximum absolute atomic E-state index is 12.3. The first kappa shape index (κ1) is 29.1. The molecule has 7 heteroatoms. The Morgan fingerprint density at radius 1 is 1.27 bits per heavy atom. The number of hydrogen-bond donors (Lipinski definition) is 3. The Hall–Kier alpha value is -2.38. The highest BCUT2D eigenvalue weighted by atomic mass is 16.6. The Morgan fingerprint density at radius 2 is 2.05 bits per heavy atom. The first-order valence-corrected chi connectivity index (χ1v) is 15.3. The van der Waals surface area contributed by atoms with E-state index >= 15 is 0 Å². The number of aliphatic hydroxyl groups is 2. The molecule has 220 valence electrons. The summed E-state index contributed by atoms with van der Waals surface area (Å²) in [5.74, 6) is 2.38. The van der Waals surface area contributed by atoms with Gasteiger partial charge in [0.1, 0.15) is 12.4 Å². The molecule has 3 N–H and O–H groups in total. The number of nitrogens with zero attached hydrogens (tertiary/aromatic N) is 1. The monoisotopic (exact) mass is 552 g/mol. The van der Waals surface area contributed by atoms with Gasteiger partial charge in [-0.2, -0.15) is 0 Å². The van der Waals surface area contributed by atoms with Crippen LogP contribution in [0.15, 0.2) is 46.1 Å². The van der Waals surface area contributed by atoms with E-state index in [0.29, 0.717) is 36.5 Å². The normalized spacial score (nSPS) is 34.9. The number of nitrogens with one attached hydrogen (secondary N) is 1. The van der Waals surface area contributed by atoms with Gasteiger partial charge in [-0.25, -0.2) is 9.78 Å². The van der Waals surface area contributed by atoms with Crippen molar-refractivity contribution in [3.05, 3.63) is 53.3 Å². The molecule has 7 atom stereocenters. The topological polar surface area (TPSA) is 105 Å². The highest BCUT2D eigenvalue weighted by Gasteiger charge is 2.57. The number of aliphatic hydroxyl groups excluding tert-OH is 2. The lowest BCUT2D eigenvalue weighted by atomic mass is 9.60. The molecule has 4 fully saturated rings. The van der Waals surface area contributed by atoms with Gasteiger partial charge in [0.2, 0.25) is 5.89 Å². The van der Waals surface area contributed by atoms with Crippen molar-refractivity contribution in [2.45, 2.75) is 115 Å². The molecule has 4 saturated carbocycles. The molecule has 0 spiro atoms. The molecule has 0 bridgehead atoms. The maximum Gasteiger partial charge on any atom is 0.407 e. The van der Waals surface area contributed by atoms with Gasteiger partial charge < -0.3 is 24.7 Å². The molecule has 7 nitrogen and oxygen atoms in total. The lowest BCUT2D eigenvalue weighted by Crippen LogP contribution is -2.38. The van der Waals surface area contributed by atoms with E-state index in [1.54, 1.807) is 13.3 Å². The minimum atomic E-state index is -0.652. The molecule has 40 heavy (non-hydrogen) atoms. The van der Waals surface area contributed by atoms with Gasteiger partial charge in [0, 0.05) is 13.5 Å². The van der Waals surface area contributed by atoms with Gasteiger partial charge >= 0.3 is 6.09 Å². The second-order valence-corrected chi connectivity index (χ2v) is 13.3. The van der Waals surface area contributed by atoms with E-state index in [4.69, 9.17) is 9.15 Å². The molecular formula is C33H48N2O5. The zero-order valence-electron chi connectivity index (χ0n) is 24.7. The van der Waals surface area contributed by atoms with Gasteiger partial charge in [-0.05, 0) is 105 Å².